The van der Waals surface area contributed by atoms with Gasteiger partial charge in [-0.05, 0) is 29.3 Å². The van der Waals surface area contributed by atoms with E-state index in [1.807, 2.05) is 36.4 Å². The Balaban J connectivity index is 1.34. The molecule has 5 rings (SSSR count). The smallest absolute Gasteiger partial charge is 0.195 e. The molecule has 0 bridgehead atoms. The molecule has 34 heavy (non-hydrogen) atoms. The Morgan fingerprint density at radius 3 is 2.21 bits per heavy atom. The minimum Gasteiger partial charge on any atom is -0.467 e. The number of furan rings is 1. The van der Waals surface area contributed by atoms with Crippen molar-refractivity contribution in [3.05, 3.63) is 136 Å². The SMILES string of the molecule is O=C(/C=C/c1ccc(C=NCc2ccco2)cc1)c1cccc2c1C(=O)c1ccccc1C2=O. The number of carbonyl (C=O) groups excluding carboxylic acids is 3. The molecule has 0 saturated carbocycles. The number of nitrogens with zero attached hydrogens (tertiary/aromatic N) is 1. The van der Waals surface area contributed by atoms with Crippen LogP contribution in [-0.2, 0) is 6.54 Å². The van der Waals surface area contributed by atoms with E-state index in [1.165, 1.54) is 6.08 Å². The topological polar surface area (TPSA) is 76.7 Å². The maximum atomic E-state index is 13.1. The summed E-state index contributed by atoms with van der Waals surface area (Å²) in [5.41, 5.74) is 3.11. The van der Waals surface area contributed by atoms with Crippen LogP contribution in [0, 0.1) is 0 Å². The first-order valence-electron chi connectivity index (χ1n) is 10.8. The van der Waals surface area contributed by atoms with Crippen LogP contribution in [0.5, 0.6) is 0 Å². The van der Waals surface area contributed by atoms with Crippen molar-refractivity contribution in [1.82, 2.24) is 0 Å². The van der Waals surface area contributed by atoms with E-state index in [2.05, 4.69) is 4.99 Å². The van der Waals surface area contributed by atoms with Gasteiger partial charge in [0.1, 0.15) is 5.76 Å². The molecule has 0 atom stereocenters. The third-order valence-electron chi connectivity index (χ3n) is 5.65. The van der Waals surface area contributed by atoms with Crippen molar-refractivity contribution < 1.29 is 18.8 Å². The molecule has 1 aliphatic rings. The normalized spacial score (nSPS) is 12.8. The van der Waals surface area contributed by atoms with Crippen molar-refractivity contribution in [3.63, 3.8) is 0 Å². The fraction of sp³-hybridized carbons (Fsp3) is 0.0345. The number of rotatable bonds is 6. The average molecular weight is 445 g/mol. The van der Waals surface area contributed by atoms with E-state index in [9.17, 15) is 14.4 Å². The molecule has 0 amide bonds. The van der Waals surface area contributed by atoms with E-state index in [0.717, 1.165) is 16.9 Å². The third-order valence-corrected chi connectivity index (χ3v) is 5.65. The summed E-state index contributed by atoms with van der Waals surface area (Å²) in [5.74, 6) is -0.0866. The van der Waals surface area contributed by atoms with Crippen LogP contribution in [0.4, 0.5) is 0 Å². The number of carbonyl (C=O) groups is 3. The van der Waals surface area contributed by atoms with E-state index < -0.39 is 0 Å². The van der Waals surface area contributed by atoms with Crippen LogP contribution in [0.2, 0.25) is 0 Å². The van der Waals surface area contributed by atoms with E-state index >= 15 is 0 Å². The zero-order valence-electron chi connectivity index (χ0n) is 18.1. The van der Waals surface area contributed by atoms with Crippen molar-refractivity contribution >= 4 is 29.6 Å². The molecule has 5 nitrogen and oxygen atoms in total. The largest absolute Gasteiger partial charge is 0.467 e. The van der Waals surface area contributed by atoms with Gasteiger partial charge < -0.3 is 4.42 Å². The molecule has 4 aromatic rings. The zero-order chi connectivity index (χ0) is 23.5. The molecule has 0 unspecified atom stereocenters. The van der Waals surface area contributed by atoms with Gasteiger partial charge in [-0.3, -0.25) is 19.4 Å². The summed E-state index contributed by atoms with van der Waals surface area (Å²) in [4.78, 5) is 43.3. The van der Waals surface area contributed by atoms with Crippen LogP contribution < -0.4 is 0 Å². The van der Waals surface area contributed by atoms with Crippen molar-refractivity contribution in [1.29, 1.82) is 0 Å². The van der Waals surface area contributed by atoms with Gasteiger partial charge in [0.2, 0.25) is 0 Å². The predicted octanol–water partition coefficient (Wildman–Crippen LogP) is 5.57. The summed E-state index contributed by atoms with van der Waals surface area (Å²) in [6, 6.07) is 22.8. The maximum Gasteiger partial charge on any atom is 0.195 e. The highest BCUT2D eigenvalue weighted by molar-refractivity contribution is 6.31. The Morgan fingerprint density at radius 1 is 0.765 bits per heavy atom. The Morgan fingerprint density at radius 2 is 1.47 bits per heavy atom. The highest BCUT2D eigenvalue weighted by atomic mass is 16.3. The van der Waals surface area contributed by atoms with E-state index in [-0.39, 0.29) is 34.0 Å². The lowest BCUT2D eigenvalue weighted by Crippen LogP contribution is -2.23. The fourth-order valence-corrected chi connectivity index (χ4v) is 3.95. The molecule has 1 aromatic heterocycles. The summed E-state index contributed by atoms with van der Waals surface area (Å²) >= 11 is 0. The minimum atomic E-state index is -0.332. The van der Waals surface area contributed by atoms with Gasteiger partial charge in [-0.25, -0.2) is 0 Å². The summed E-state index contributed by atoms with van der Waals surface area (Å²) in [6.45, 7) is 0.469. The summed E-state index contributed by atoms with van der Waals surface area (Å²) in [7, 11) is 0. The third kappa shape index (κ3) is 4.07. The van der Waals surface area contributed by atoms with E-state index in [0.29, 0.717) is 17.7 Å². The predicted molar refractivity (Wildman–Crippen MR) is 130 cm³/mol. The second-order valence-corrected chi connectivity index (χ2v) is 7.85. The molecular weight excluding hydrogens is 426 g/mol. The van der Waals surface area contributed by atoms with Crippen LogP contribution in [-0.4, -0.2) is 23.6 Å². The molecule has 3 aromatic carbocycles. The number of allylic oxidation sites excluding steroid dienone is 1. The molecule has 1 heterocycles. The molecule has 0 saturated heterocycles. The molecule has 5 heteroatoms. The second kappa shape index (κ2) is 9.08. The minimum absolute atomic E-state index is 0.170. The van der Waals surface area contributed by atoms with Gasteiger partial charge in [-0.1, -0.05) is 72.8 Å². The lowest BCUT2D eigenvalue weighted by molar-refractivity contribution is 0.0972. The van der Waals surface area contributed by atoms with Crippen LogP contribution in [0.3, 0.4) is 0 Å². The van der Waals surface area contributed by atoms with Crippen LogP contribution in [0.15, 0.2) is 101 Å². The average Bonchev–Trinajstić information content (AvgIpc) is 3.40. The summed E-state index contributed by atoms with van der Waals surface area (Å²) in [6.07, 6.45) is 6.49. The van der Waals surface area contributed by atoms with Crippen molar-refractivity contribution in [2.24, 2.45) is 4.99 Å². The number of hydrogen-bond acceptors (Lipinski definition) is 5. The standard InChI is InChI=1S/C29H19NO4/c31-26(15-14-19-10-12-20(13-11-19)17-30-18-21-5-4-16-34-21)24-8-3-9-25-27(24)29(33)23-7-2-1-6-22(23)28(25)32/h1-17H,18H2/b15-14+,30-17?. The lowest BCUT2D eigenvalue weighted by Gasteiger charge is -2.19. The van der Waals surface area contributed by atoms with Crippen LogP contribution in [0.1, 0.15) is 59.1 Å². The first-order chi connectivity index (χ1) is 16.6. The van der Waals surface area contributed by atoms with Gasteiger partial charge in [0, 0.05) is 34.0 Å². The molecule has 0 N–H and O–H groups in total. The summed E-state index contributed by atoms with van der Waals surface area (Å²) in [5, 5.41) is 0. The first kappa shape index (κ1) is 21.2. The van der Waals surface area contributed by atoms with Crippen molar-refractivity contribution in [2.75, 3.05) is 0 Å². The van der Waals surface area contributed by atoms with Crippen LogP contribution in [0.25, 0.3) is 6.08 Å². The molecule has 0 fully saturated rings. The monoisotopic (exact) mass is 445 g/mol. The van der Waals surface area contributed by atoms with Gasteiger partial charge in [0.15, 0.2) is 17.3 Å². The quantitative estimate of drug-likeness (QED) is 0.194. The molecule has 164 valence electrons. The lowest BCUT2D eigenvalue weighted by atomic mass is 9.81. The first-order valence-corrected chi connectivity index (χ1v) is 10.8. The number of aliphatic imine (C=N–C) groups is 1. The molecule has 0 aliphatic heterocycles. The van der Waals surface area contributed by atoms with Crippen molar-refractivity contribution in [3.8, 4) is 0 Å². The van der Waals surface area contributed by atoms with Gasteiger partial charge in [0.05, 0.1) is 12.8 Å². The van der Waals surface area contributed by atoms with E-state index in [4.69, 9.17) is 4.42 Å². The van der Waals surface area contributed by atoms with Gasteiger partial charge in [-0.15, -0.1) is 0 Å². The fourth-order valence-electron chi connectivity index (χ4n) is 3.95. The Kier molecular flexibility index (Phi) is 5.67. The zero-order valence-corrected chi connectivity index (χ0v) is 18.1. The summed E-state index contributed by atoms with van der Waals surface area (Å²) < 4.78 is 5.25. The van der Waals surface area contributed by atoms with Gasteiger partial charge >= 0.3 is 0 Å². The number of fused-ring (bicyclic) bond motifs is 2. The number of hydrogen-bond donors (Lipinski definition) is 0. The number of benzene rings is 3. The molecule has 0 radical (unpaired) electrons. The van der Waals surface area contributed by atoms with Gasteiger partial charge in [-0.2, -0.15) is 0 Å². The van der Waals surface area contributed by atoms with Crippen LogP contribution >= 0.6 is 0 Å². The number of ketones is 3. The Hall–Kier alpha value is -4.64. The molecule has 0 spiro atoms. The Labute approximate surface area is 196 Å². The molecular formula is C29H19NO4. The second-order valence-electron chi connectivity index (χ2n) is 7.85. The highest BCUT2D eigenvalue weighted by Crippen LogP contribution is 2.30. The Bertz CT molecular complexity index is 1460. The maximum absolute atomic E-state index is 13.1. The molecule has 1 aliphatic carbocycles. The van der Waals surface area contributed by atoms with Gasteiger partial charge in [0.25, 0.3) is 0 Å². The van der Waals surface area contributed by atoms with Crippen molar-refractivity contribution in [2.45, 2.75) is 6.54 Å². The highest BCUT2D eigenvalue weighted by Gasteiger charge is 2.32. The van der Waals surface area contributed by atoms with E-state index in [1.54, 1.807) is 61.0 Å².